The molecule has 2 aromatic carbocycles. The largest absolute Gasteiger partial charge is 0.330 e. The Kier molecular flexibility index (Phi) is 4.15. The van der Waals surface area contributed by atoms with Gasteiger partial charge < -0.3 is 4.57 Å². The highest BCUT2D eigenvalue weighted by molar-refractivity contribution is 9.10. The monoisotopic (exact) mass is 344 g/mol. The number of halogens is 2. The highest BCUT2D eigenvalue weighted by Gasteiger charge is 2.05. The van der Waals surface area contributed by atoms with Crippen molar-refractivity contribution in [2.75, 3.05) is 0 Å². The van der Waals surface area contributed by atoms with Crippen LogP contribution in [0, 0.1) is 5.82 Å². The van der Waals surface area contributed by atoms with Crippen molar-refractivity contribution in [3.63, 3.8) is 0 Å². The van der Waals surface area contributed by atoms with Gasteiger partial charge in [0.25, 0.3) is 0 Å². The molecule has 0 aliphatic heterocycles. The van der Waals surface area contributed by atoms with Crippen LogP contribution in [0.2, 0.25) is 0 Å². The Morgan fingerprint density at radius 2 is 1.86 bits per heavy atom. The van der Waals surface area contributed by atoms with E-state index in [1.165, 1.54) is 17.7 Å². The van der Waals surface area contributed by atoms with Gasteiger partial charge in [0.1, 0.15) is 11.6 Å². The Morgan fingerprint density at radius 3 is 2.62 bits per heavy atom. The van der Waals surface area contributed by atoms with Crippen molar-refractivity contribution in [3.8, 4) is 0 Å². The fourth-order valence-electron chi connectivity index (χ4n) is 2.27. The molecule has 0 unspecified atom stereocenters. The van der Waals surface area contributed by atoms with Crippen LogP contribution in [0.1, 0.15) is 17.0 Å². The molecule has 106 valence electrons. The standard InChI is InChI=1S/C17H14BrFN2/c18-15-3-1-2-14(10-15)11-17-20-8-9-21(17)12-13-4-6-16(19)7-5-13/h1-10H,11-12H2. The number of imidazole rings is 1. The maximum absolute atomic E-state index is 12.9. The molecular formula is C17H14BrFN2. The Hall–Kier alpha value is -1.94. The van der Waals surface area contributed by atoms with Crippen LogP contribution in [0.5, 0.6) is 0 Å². The van der Waals surface area contributed by atoms with Crippen molar-refractivity contribution in [2.24, 2.45) is 0 Å². The first-order valence-corrected chi connectivity index (χ1v) is 7.49. The number of nitrogens with zero attached hydrogens (tertiary/aromatic N) is 2. The van der Waals surface area contributed by atoms with E-state index in [1.807, 2.05) is 18.3 Å². The summed E-state index contributed by atoms with van der Waals surface area (Å²) < 4.78 is 16.1. The molecular weight excluding hydrogens is 331 g/mol. The molecule has 0 saturated heterocycles. The van der Waals surface area contributed by atoms with E-state index in [-0.39, 0.29) is 5.82 Å². The molecule has 0 radical (unpaired) electrons. The second kappa shape index (κ2) is 6.22. The molecule has 3 rings (SSSR count). The van der Waals surface area contributed by atoms with Crippen LogP contribution >= 0.6 is 15.9 Å². The second-order valence-corrected chi connectivity index (χ2v) is 5.82. The van der Waals surface area contributed by atoms with E-state index in [0.717, 1.165) is 22.3 Å². The zero-order chi connectivity index (χ0) is 14.7. The topological polar surface area (TPSA) is 17.8 Å². The summed E-state index contributed by atoms with van der Waals surface area (Å²) in [4.78, 5) is 4.43. The third-order valence-electron chi connectivity index (χ3n) is 3.32. The molecule has 0 amide bonds. The van der Waals surface area contributed by atoms with E-state index in [2.05, 4.69) is 37.6 Å². The molecule has 0 saturated carbocycles. The molecule has 0 fully saturated rings. The molecule has 3 aromatic rings. The van der Waals surface area contributed by atoms with Gasteiger partial charge in [0, 0.05) is 29.8 Å². The minimum atomic E-state index is -0.209. The van der Waals surface area contributed by atoms with Crippen LogP contribution in [-0.2, 0) is 13.0 Å². The maximum Gasteiger partial charge on any atom is 0.123 e. The van der Waals surface area contributed by atoms with Gasteiger partial charge in [-0.3, -0.25) is 0 Å². The number of hydrogen-bond acceptors (Lipinski definition) is 1. The molecule has 0 spiro atoms. The van der Waals surface area contributed by atoms with Crippen molar-refractivity contribution in [1.82, 2.24) is 9.55 Å². The van der Waals surface area contributed by atoms with Crippen LogP contribution in [0.3, 0.4) is 0 Å². The quantitative estimate of drug-likeness (QED) is 0.684. The van der Waals surface area contributed by atoms with Crippen LogP contribution in [0.25, 0.3) is 0 Å². The van der Waals surface area contributed by atoms with Gasteiger partial charge in [-0.25, -0.2) is 9.37 Å². The summed E-state index contributed by atoms with van der Waals surface area (Å²) in [5, 5.41) is 0. The average molecular weight is 345 g/mol. The normalized spacial score (nSPS) is 10.8. The fraction of sp³-hybridized carbons (Fsp3) is 0.118. The molecule has 0 atom stereocenters. The van der Waals surface area contributed by atoms with Gasteiger partial charge in [-0.15, -0.1) is 0 Å². The Bertz CT molecular complexity index is 735. The van der Waals surface area contributed by atoms with E-state index in [1.54, 1.807) is 18.3 Å². The smallest absolute Gasteiger partial charge is 0.123 e. The first-order chi connectivity index (χ1) is 10.2. The summed E-state index contributed by atoms with van der Waals surface area (Å²) in [6.07, 6.45) is 4.53. The van der Waals surface area contributed by atoms with E-state index < -0.39 is 0 Å². The highest BCUT2D eigenvalue weighted by atomic mass is 79.9. The van der Waals surface area contributed by atoms with Gasteiger partial charge in [0.2, 0.25) is 0 Å². The van der Waals surface area contributed by atoms with Gasteiger partial charge in [-0.1, -0.05) is 40.2 Å². The van der Waals surface area contributed by atoms with Gasteiger partial charge in [-0.2, -0.15) is 0 Å². The van der Waals surface area contributed by atoms with Crippen molar-refractivity contribution >= 4 is 15.9 Å². The first kappa shape index (κ1) is 14.0. The lowest BCUT2D eigenvalue weighted by Gasteiger charge is -2.08. The summed E-state index contributed by atoms with van der Waals surface area (Å²) in [6, 6.07) is 14.8. The lowest BCUT2D eigenvalue weighted by atomic mass is 10.1. The molecule has 0 bridgehead atoms. The summed E-state index contributed by atoms with van der Waals surface area (Å²) in [5.74, 6) is 0.788. The molecule has 0 N–H and O–H groups in total. The van der Waals surface area contributed by atoms with E-state index >= 15 is 0 Å². The first-order valence-electron chi connectivity index (χ1n) is 6.69. The van der Waals surface area contributed by atoms with Crippen molar-refractivity contribution in [2.45, 2.75) is 13.0 Å². The molecule has 21 heavy (non-hydrogen) atoms. The lowest BCUT2D eigenvalue weighted by molar-refractivity contribution is 0.626. The zero-order valence-corrected chi connectivity index (χ0v) is 12.9. The molecule has 4 heteroatoms. The SMILES string of the molecule is Fc1ccc(Cn2ccnc2Cc2cccc(Br)c2)cc1. The minimum absolute atomic E-state index is 0.209. The molecule has 0 aliphatic carbocycles. The fourth-order valence-corrected chi connectivity index (χ4v) is 2.71. The summed E-state index contributed by atoms with van der Waals surface area (Å²) >= 11 is 3.48. The predicted molar refractivity (Wildman–Crippen MR) is 84.7 cm³/mol. The Morgan fingerprint density at radius 1 is 1.05 bits per heavy atom. The molecule has 2 nitrogen and oxygen atoms in total. The Balaban J connectivity index is 1.79. The summed E-state index contributed by atoms with van der Waals surface area (Å²) in [5.41, 5.74) is 2.26. The van der Waals surface area contributed by atoms with E-state index in [9.17, 15) is 4.39 Å². The average Bonchev–Trinajstić information content (AvgIpc) is 2.89. The molecule has 1 aromatic heterocycles. The predicted octanol–water partition coefficient (Wildman–Crippen LogP) is 4.42. The number of hydrogen-bond donors (Lipinski definition) is 0. The summed E-state index contributed by atoms with van der Waals surface area (Å²) in [6.45, 7) is 0.698. The van der Waals surface area contributed by atoms with Gasteiger partial charge in [-0.05, 0) is 35.4 Å². The zero-order valence-electron chi connectivity index (χ0n) is 11.3. The lowest BCUT2D eigenvalue weighted by Crippen LogP contribution is -2.05. The van der Waals surface area contributed by atoms with Gasteiger partial charge in [0.05, 0.1) is 0 Å². The number of aromatic nitrogens is 2. The van der Waals surface area contributed by atoms with Crippen molar-refractivity contribution in [1.29, 1.82) is 0 Å². The third kappa shape index (κ3) is 3.58. The second-order valence-electron chi connectivity index (χ2n) is 4.90. The van der Waals surface area contributed by atoms with Crippen molar-refractivity contribution in [3.05, 3.63) is 88.2 Å². The molecule has 1 heterocycles. The van der Waals surface area contributed by atoms with Crippen LogP contribution in [0.15, 0.2) is 65.4 Å². The van der Waals surface area contributed by atoms with Crippen molar-refractivity contribution < 1.29 is 4.39 Å². The highest BCUT2D eigenvalue weighted by Crippen LogP contribution is 2.15. The third-order valence-corrected chi connectivity index (χ3v) is 3.81. The molecule has 0 aliphatic rings. The van der Waals surface area contributed by atoms with E-state index in [0.29, 0.717) is 6.54 Å². The van der Waals surface area contributed by atoms with Gasteiger partial charge >= 0.3 is 0 Å². The van der Waals surface area contributed by atoms with Gasteiger partial charge in [0.15, 0.2) is 0 Å². The maximum atomic E-state index is 12.9. The van der Waals surface area contributed by atoms with Crippen LogP contribution in [0.4, 0.5) is 4.39 Å². The summed E-state index contributed by atoms with van der Waals surface area (Å²) in [7, 11) is 0. The minimum Gasteiger partial charge on any atom is -0.330 e. The number of rotatable bonds is 4. The van der Waals surface area contributed by atoms with Crippen LogP contribution in [-0.4, -0.2) is 9.55 Å². The van der Waals surface area contributed by atoms with Crippen LogP contribution < -0.4 is 0 Å². The Labute approximate surface area is 131 Å². The van der Waals surface area contributed by atoms with E-state index in [4.69, 9.17) is 0 Å². The number of benzene rings is 2.